The maximum atomic E-state index is 13.5. The molecule has 0 aliphatic rings. The summed E-state index contributed by atoms with van der Waals surface area (Å²) in [5.41, 5.74) is 1.95. The van der Waals surface area contributed by atoms with Crippen molar-refractivity contribution in [3.8, 4) is 0 Å². The van der Waals surface area contributed by atoms with Crippen molar-refractivity contribution in [2.75, 3.05) is 17.1 Å². The number of nitrogens with one attached hydrogen (secondary N) is 1. The number of hydrogen-bond acceptors (Lipinski definition) is 4. The minimum atomic E-state index is -3.81. The number of halogens is 1. The van der Waals surface area contributed by atoms with E-state index >= 15 is 0 Å². The van der Waals surface area contributed by atoms with Crippen LogP contribution in [-0.4, -0.2) is 49.5 Å². The molecule has 0 aliphatic carbocycles. The molecule has 0 fully saturated rings. The van der Waals surface area contributed by atoms with E-state index in [-0.39, 0.29) is 12.5 Å². The normalized spacial score (nSPS) is 12.7. The highest BCUT2D eigenvalue weighted by Crippen LogP contribution is 2.27. The molecule has 0 spiro atoms. The molecule has 0 saturated heterocycles. The largest absolute Gasteiger partial charge is 0.350 e. The van der Waals surface area contributed by atoms with Gasteiger partial charge in [-0.05, 0) is 70.4 Å². The molecular formula is C25H34FN3O4S. The van der Waals surface area contributed by atoms with Crippen LogP contribution in [0.4, 0.5) is 10.1 Å². The van der Waals surface area contributed by atoms with Crippen LogP contribution < -0.4 is 9.62 Å². The summed E-state index contributed by atoms with van der Waals surface area (Å²) in [6, 6.07) is 10.1. The zero-order valence-corrected chi connectivity index (χ0v) is 21.7. The number of sulfonamides is 1. The summed E-state index contributed by atoms with van der Waals surface area (Å²) in [6.45, 7) is 10.2. The van der Waals surface area contributed by atoms with Gasteiger partial charge < -0.3 is 10.2 Å². The van der Waals surface area contributed by atoms with Gasteiger partial charge in [-0.1, -0.05) is 30.3 Å². The first-order valence-electron chi connectivity index (χ1n) is 11.0. The van der Waals surface area contributed by atoms with Crippen molar-refractivity contribution in [2.45, 2.75) is 59.7 Å². The van der Waals surface area contributed by atoms with Crippen LogP contribution in [0, 0.1) is 19.7 Å². The van der Waals surface area contributed by atoms with Gasteiger partial charge in [0.1, 0.15) is 18.4 Å². The van der Waals surface area contributed by atoms with Crippen molar-refractivity contribution < 1.29 is 22.4 Å². The third kappa shape index (κ3) is 7.28. The van der Waals surface area contributed by atoms with E-state index < -0.39 is 39.9 Å². The summed E-state index contributed by atoms with van der Waals surface area (Å²) in [4.78, 5) is 27.8. The highest BCUT2D eigenvalue weighted by molar-refractivity contribution is 7.92. The highest BCUT2D eigenvalue weighted by atomic mass is 32.2. The summed E-state index contributed by atoms with van der Waals surface area (Å²) >= 11 is 0. The summed E-state index contributed by atoms with van der Waals surface area (Å²) in [7, 11) is -3.81. The Kier molecular flexibility index (Phi) is 8.47. The molecule has 0 heterocycles. The van der Waals surface area contributed by atoms with Gasteiger partial charge in [0.05, 0.1) is 11.9 Å². The van der Waals surface area contributed by atoms with Crippen molar-refractivity contribution >= 4 is 27.5 Å². The fourth-order valence-electron chi connectivity index (χ4n) is 3.62. The van der Waals surface area contributed by atoms with E-state index in [1.807, 2.05) is 26.8 Å². The molecule has 1 unspecified atom stereocenters. The number of aryl methyl sites for hydroxylation is 2. The Hall–Kier alpha value is -2.94. The second-order valence-electron chi connectivity index (χ2n) is 9.57. The second-order valence-corrected chi connectivity index (χ2v) is 11.5. The maximum Gasteiger partial charge on any atom is 0.244 e. The molecule has 1 atom stereocenters. The highest BCUT2D eigenvalue weighted by Gasteiger charge is 2.32. The van der Waals surface area contributed by atoms with Crippen LogP contribution in [-0.2, 0) is 26.2 Å². The molecule has 0 aromatic heterocycles. The molecule has 7 nitrogen and oxygen atoms in total. The molecular weight excluding hydrogens is 457 g/mol. The number of hydrogen-bond donors (Lipinski definition) is 1. The molecule has 0 radical (unpaired) electrons. The molecule has 0 saturated carbocycles. The van der Waals surface area contributed by atoms with Crippen LogP contribution in [0.5, 0.6) is 0 Å². The first-order valence-corrected chi connectivity index (χ1v) is 12.8. The molecule has 1 N–H and O–H groups in total. The van der Waals surface area contributed by atoms with Gasteiger partial charge in [0.25, 0.3) is 0 Å². The Bertz CT molecular complexity index is 1120. The SMILES string of the molecule is Cc1cccc(C)c1N(CC(=O)N(Cc1ccc(F)cc1)C(C)C(=O)NC(C)(C)C)S(C)(=O)=O. The number of carbonyl (C=O) groups is 2. The van der Waals surface area contributed by atoms with E-state index in [0.717, 1.165) is 10.6 Å². The van der Waals surface area contributed by atoms with E-state index in [2.05, 4.69) is 5.32 Å². The fourth-order valence-corrected chi connectivity index (χ4v) is 4.58. The van der Waals surface area contributed by atoms with Gasteiger partial charge in [-0.3, -0.25) is 13.9 Å². The fraction of sp³-hybridized carbons (Fsp3) is 0.440. The van der Waals surface area contributed by atoms with E-state index in [9.17, 15) is 22.4 Å². The van der Waals surface area contributed by atoms with Gasteiger partial charge in [0.15, 0.2) is 0 Å². The minimum Gasteiger partial charge on any atom is -0.350 e. The van der Waals surface area contributed by atoms with Crippen molar-refractivity contribution in [1.82, 2.24) is 10.2 Å². The van der Waals surface area contributed by atoms with Crippen LogP contribution in [0.15, 0.2) is 42.5 Å². The van der Waals surface area contributed by atoms with E-state index in [0.29, 0.717) is 22.4 Å². The zero-order valence-electron chi connectivity index (χ0n) is 20.8. The van der Waals surface area contributed by atoms with Crippen LogP contribution in [0.3, 0.4) is 0 Å². The lowest BCUT2D eigenvalue weighted by Gasteiger charge is -2.33. The third-order valence-corrected chi connectivity index (χ3v) is 6.41. The van der Waals surface area contributed by atoms with E-state index in [1.54, 1.807) is 32.9 Å². The quantitative estimate of drug-likeness (QED) is 0.612. The average molecular weight is 492 g/mol. The minimum absolute atomic E-state index is 0.0161. The predicted octanol–water partition coefficient (Wildman–Crippen LogP) is 3.54. The number of rotatable bonds is 8. The molecule has 2 rings (SSSR count). The number of amides is 2. The number of anilines is 1. The van der Waals surface area contributed by atoms with Crippen molar-refractivity contribution in [3.63, 3.8) is 0 Å². The van der Waals surface area contributed by atoms with Gasteiger partial charge in [-0.2, -0.15) is 0 Å². The Balaban J connectivity index is 2.45. The maximum absolute atomic E-state index is 13.5. The van der Waals surface area contributed by atoms with Gasteiger partial charge in [0, 0.05) is 12.1 Å². The standard InChI is InChI=1S/C25H34FN3O4S/c1-17-9-8-10-18(2)23(17)29(34(7,32)33)16-22(30)28(15-20-11-13-21(26)14-12-20)19(3)24(31)27-25(4,5)6/h8-14,19H,15-16H2,1-7H3,(H,27,31). The van der Waals surface area contributed by atoms with Crippen LogP contribution in [0.25, 0.3) is 0 Å². The molecule has 2 aromatic carbocycles. The van der Waals surface area contributed by atoms with Gasteiger partial charge in [-0.25, -0.2) is 12.8 Å². The Morgan fingerprint density at radius 3 is 2.03 bits per heavy atom. The lowest BCUT2D eigenvalue weighted by Crippen LogP contribution is -2.54. The van der Waals surface area contributed by atoms with E-state index in [1.165, 1.54) is 29.2 Å². The molecule has 0 bridgehead atoms. The zero-order chi connectivity index (χ0) is 25.8. The average Bonchev–Trinajstić information content (AvgIpc) is 2.69. The molecule has 186 valence electrons. The Morgan fingerprint density at radius 1 is 1.03 bits per heavy atom. The summed E-state index contributed by atoms with van der Waals surface area (Å²) in [6.07, 6.45) is 1.05. The predicted molar refractivity (Wildman–Crippen MR) is 132 cm³/mol. The first-order chi connectivity index (χ1) is 15.6. The Labute approximate surface area is 202 Å². The van der Waals surface area contributed by atoms with Crippen molar-refractivity contribution in [2.24, 2.45) is 0 Å². The topological polar surface area (TPSA) is 86.8 Å². The van der Waals surface area contributed by atoms with Gasteiger partial charge in [0.2, 0.25) is 21.8 Å². The van der Waals surface area contributed by atoms with Crippen LogP contribution >= 0.6 is 0 Å². The molecule has 0 aliphatic heterocycles. The monoisotopic (exact) mass is 491 g/mol. The lowest BCUT2D eigenvalue weighted by atomic mass is 10.1. The number of para-hydroxylation sites is 1. The van der Waals surface area contributed by atoms with Gasteiger partial charge >= 0.3 is 0 Å². The molecule has 2 aromatic rings. The smallest absolute Gasteiger partial charge is 0.244 e. The molecule has 9 heteroatoms. The van der Waals surface area contributed by atoms with Crippen molar-refractivity contribution in [1.29, 1.82) is 0 Å². The summed E-state index contributed by atoms with van der Waals surface area (Å²) in [5.74, 6) is -1.34. The number of benzene rings is 2. The number of nitrogens with zero attached hydrogens (tertiary/aromatic N) is 2. The molecule has 2 amide bonds. The lowest BCUT2D eigenvalue weighted by molar-refractivity contribution is -0.140. The summed E-state index contributed by atoms with van der Waals surface area (Å²) < 4.78 is 39.9. The first kappa shape index (κ1) is 27.3. The molecule has 34 heavy (non-hydrogen) atoms. The second kappa shape index (κ2) is 10.5. The Morgan fingerprint density at radius 2 is 1.56 bits per heavy atom. The van der Waals surface area contributed by atoms with Gasteiger partial charge in [-0.15, -0.1) is 0 Å². The van der Waals surface area contributed by atoms with Crippen molar-refractivity contribution in [3.05, 3.63) is 65.0 Å². The number of carbonyl (C=O) groups excluding carboxylic acids is 2. The summed E-state index contributed by atoms with van der Waals surface area (Å²) in [5, 5.41) is 2.86. The van der Waals surface area contributed by atoms with Crippen LogP contribution in [0.2, 0.25) is 0 Å². The van der Waals surface area contributed by atoms with Crippen LogP contribution in [0.1, 0.15) is 44.4 Å². The van der Waals surface area contributed by atoms with E-state index in [4.69, 9.17) is 0 Å². The third-order valence-electron chi connectivity index (χ3n) is 5.30.